The highest BCUT2D eigenvalue weighted by Crippen LogP contribution is 2.38. The van der Waals surface area contributed by atoms with Crippen molar-refractivity contribution in [2.24, 2.45) is 0 Å². The van der Waals surface area contributed by atoms with Crippen LogP contribution < -0.4 is 9.88 Å². The van der Waals surface area contributed by atoms with E-state index >= 15 is 0 Å². The molecule has 1 N–H and O–H groups in total. The van der Waals surface area contributed by atoms with Gasteiger partial charge < -0.3 is 9.46 Å². The maximum atomic E-state index is 13.0. The van der Waals surface area contributed by atoms with Gasteiger partial charge in [-0.1, -0.05) is 0 Å². The zero-order valence-corrected chi connectivity index (χ0v) is 16.6. The third-order valence-electron chi connectivity index (χ3n) is 4.49. The van der Waals surface area contributed by atoms with Gasteiger partial charge in [-0.05, 0) is 29.8 Å². The Morgan fingerprint density at radius 1 is 0.968 bits per heavy atom. The number of benzene rings is 1. The maximum absolute atomic E-state index is 13.0. The van der Waals surface area contributed by atoms with Crippen LogP contribution in [0.3, 0.4) is 0 Å². The van der Waals surface area contributed by atoms with Gasteiger partial charge >= 0.3 is 12.4 Å². The van der Waals surface area contributed by atoms with Crippen LogP contribution in [0.5, 0.6) is 0 Å². The molecule has 1 saturated heterocycles. The summed E-state index contributed by atoms with van der Waals surface area (Å²) >= 11 is 0. The molecule has 0 bridgehead atoms. The standard InChI is InChI=1S/C18H16F6N3O3S/c19-17(20,21)13-7-14(18(22,23)24)9-15(8-13)31(28,29)26-11-12-1-2-16(25-10-12)27-3-5-30-6-4-27/h1-2,7-10H,3-6,11H2/q-1/p+1. The molecule has 0 amide bonds. The van der Waals surface area contributed by atoms with Crippen molar-refractivity contribution >= 4 is 15.8 Å². The SMILES string of the molecule is O=S(=O)([N-]Cc1ccc(N2CCOCC2)[nH+]c1)c1cc(C(F)(F)F)cc(C(F)(F)F)c1. The van der Waals surface area contributed by atoms with Crippen LogP contribution >= 0.6 is 0 Å². The predicted molar refractivity (Wildman–Crippen MR) is 96.7 cm³/mol. The Morgan fingerprint density at radius 3 is 2.03 bits per heavy atom. The summed E-state index contributed by atoms with van der Waals surface area (Å²) in [4.78, 5) is 3.78. The van der Waals surface area contributed by atoms with E-state index in [0.717, 1.165) is 5.82 Å². The number of morpholine rings is 1. The Bertz CT molecular complexity index is 985. The zero-order valence-electron chi connectivity index (χ0n) is 15.8. The van der Waals surface area contributed by atoms with E-state index in [1.165, 1.54) is 6.20 Å². The van der Waals surface area contributed by atoms with Gasteiger partial charge in [0.05, 0.1) is 30.5 Å². The second kappa shape index (κ2) is 8.63. The molecule has 0 unspecified atom stereocenters. The molecule has 1 aliphatic rings. The topological polar surface area (TPSA) is 74.9 Å². The van der Waals surface area contributed by atoms with Gasteiger partial charge in [0.1, 0.15) is 23.1 Å². The first-order chi connectivity index (χ1) is 14.4. The summed E-state index contributed by atoms with van der Waals surface area (Å²) in [6.07, 6.45) is -8.84. The number of aromatic amines is 1. The smallest absolute Gasteiger partial charge is 0.416 e. The molecule has 1 aliphatic heterocycles. The van der Waals surface area contributed by atoms with Crippen LogP contribution in [0.25, 0.3) is 4.72 Å². The van der Waals surface area contributed by atoms with E-state index in [1.54, 1.807) is 12.1 Å². The molecule has 0 spiro atoms. The van der Waals surface area contributed by atoms with Crippen molar-refractivity contribution in [3.05, 3.63) is 57.9 Å². The fourth-order valence-corrected chi connectivity index (χ4v) is 3.88. The first kappa shape index (κ1) is 23.3. The van der Waals surface area contributed by atoms with Crippen molar-refractivity contribution < 1.29 is 44.5 Å². The fourth-order valence-electron chi connectivity index (χ4n) is 2.86. The molecule has 1 aromatic carbocycles. The molecule has 170 valence electrons. The Balaban J connectivity index is 1.79. The number of hydrogen-bond acceptors (Lipinski definition) is 4. The summed E-state index contributed by atoms with van der Waals surface area (Å²) in [5.41, 5.74) is -3.07. The maximum Gasteiger partial charge on any atom is 0.416 e. The summed E-state index contributed by atoms with van der Waals surface area (Å²) in [7, 11) is -4.77. The third kappa shape index (κ3) is 5.86. The minimum atomic E-state index is -5.16. The quantitative estimate of drug-likeness (QED) is 0.627. The number of H-pyrrole nitrogens is 1. The van der Waals surface area contributed by atoms with Crippen molar-refractivity contribution in [3.63, 3.8) is 0 Å². The van der Waals surface area contributed by atoms with E-state index in [4.69, 9.17) is 4.74 Å². The summed E-state index contributed by atoms with van der Waals surface area (Å²) in [6, 6.07) is 3.38. The number of hydrogen-bond donors (Lipinski definition) is 0. The molecule has 0 radical (unpaired) electrons. The second-order valence-electron chi connectivity index (χ2n) is 6.69. The minimum absolute atomic E-state index is 0.141. The Kier molecular flexibility index (Phi) is 6.48. The van der Waals surface area contributed by atoms with Gasteiger partial charge in [-0.2, -0.15) is 26.3 Å². The molecule has 2 aromatic rings. The van der Waals surface area contributed by atoms with Crippen molar-refractivity contribution in [1.82, 2.24) is 0 Å². The summed E-state index contributed by atoms with van der Waals surface area (Å²) in [5, 5.41) is 0. The number of ether oxygens (including phenoxy) is 1. The lowest BCUT2D eigenvalue weighted by Gasteiger charge is -2.23. The highest BCUT2D eigenvalue weighted by molar-refractivity contribution is 7.94. The Labute approximate surface area is 173 Å². The van der Waals surface area contributed by atoms with E-state index in [9.17, 15) is 34.8 Å². The van der Waals surface area contributed by atoms with Gasteiger partial charge in [-0.3, -0.25) is 4.90 Å². The zero-order chi connectivity index (χ0) is 22.9. The van der Waals surface area contributed by atoms with Crippen LogP contribution in [-0.4, -0.2) is 34.7 Å². The largest absolute Gasteiger partial charge is 0.541 e. The van der Waals surface area contributed by atoms with E-state index in [-0.39, 0.29) is 18.2 Å². The lowest BCUT2D eigenvalue weighted by atomic mass is 10.1. The van der Waals surface area contributed by atoms with Gasteiger partial charge in [0.2, 0.25) is 0 Å². The van der Waals surface area contributed by atoms with Gasteiger partial charge in [-0.25, -0.2) is 13.4 Å². The number of sulfonamides is 1. The van der Waals surface area contributed by atoms with Crippen molar-refractivity contribution in [1.29, 1.82) is 0 Å². The highest BCUT2D eigenvalue weighted by atomic mass is 32.2. The first-order valence-corrected chi connectivity index (χ1v) is 10.4. The number of rotatable bonds is 5. The van der Waals surface area contributed by atoms with Crippen LogP contribution in [0.1, 0.15) is 16.7 Å². The summed E-state index contributed by atoms with van der Waals surface area (Å²) in [5.74, 6) is 0.752. The number of anilines is 1. The van der Waals surface area contributed by atoms with E-state index in [1.807, 2.05) is 4.90 Å². The molecule has 2 heterocycles. The molecular formula is C18H17F6N3O3S. The average molecular weight is 469 g/mol. The average Bonchev–Trinajstić information content (AvgIpc) is 2.72. The lowest BCUT2D eigenvalue weighted by molar-refractivity contribution is -0.365. The third-order valence-corrected chi connectivity index (χ3v) is 5.79. The van der Waals surface area contributed by atoms with Gasteiger partial charge in [-0.15, -0.1) is 6.54 Å². The molecule has 1 fully saturated rings. The van der Waals surface area contributed by atoms with E-state index in [0.29, 0.717) is 31.9 Å². The van der Waals surface area contributed by atoms with Crippen LogP contribution in [-0.2, 0) is 33.7 Å². The fraction of sp³-hybridized carbons (Fsp3) is 0.389. The van der Waals surface area contributed by atoms with Crippen LogP contribution in [0.15, 0.2) is 41.4 Å². The van der Waals surface area contributed by atoms with Gasteiger partial charge in [0, 0.05) is 11.0 Å². The Hall–Kier alpha value is -2.38. The van der Waals surface area contributed by atoms with E-state index in [2.05, 4.69) is 9.71 Å². The molecule has 31 heavy (non-hydrogen) atoms. The van der Waals surface area contributed by atoms with Crippen molar-refractivity contribution in [3.8, 4) is 0 Å². The van der Waals surface area contributed by atoms with Crippen molar-refractivity contribution in [2.75, 3.05) is 31.2 Å². The van der Waals surface area contributed by atoms with Crippen LogP contribution in [0.4, 0.5) is 32.2 Å². The molecule has 0 aliphatic carbocycles. The predicted octanol–water partition coefficient (Wildman–Crippen LogP) is 3.64. The number of halogens is 6. The van der Waals surface area contributed by atoms with Crippen molar-refractivity contribution in [2.45, 2.75) is 23.8 Å². The monoisotopic (exact) mass is 469 g/mol. The molecule has 13 heteroatoms. The number of nitrogens with zero attached hydrogens (tertiary/aromatic N) is 2. The first-order valence-electron chi connectivity index (χ1n) is 8.93. The highest BCUT2D eigenvalue weighted by Gasteiger charge is 2.37. The van der Waals surface area contributed by atoms with Gasteiger partial charge in [0.25, 0.3) is 5.82 Å². The van der Waals surface area contributed by atoms with Crippen LogP contribution in [0, 0.1) is 0 Å². The lowest BCUT2D eigenvalue weighted by Crippen LogP contribution is -2.39. The number of pyridine rings is 1. The number of aromatic nitrogens is 1. The molecule has 0 saturated carbocycles. The van der Waals surface area contributed by atoms with Gasteiger partial charge in [0.15, 0.2) is 0 Å². The second-order valence-corrected chi connectivity index (χ2v) is 8.37. The Morgan fingerprint density at radius 2 is 1.55 bits per heavy atom. The minimum Gasteiger partial charge on any atom is -0.541 e. The number of alkyl halides is 6. The number of nitrogens with one attached hydrogen (secondary N) is 1. The molecule has 0 atom stereocenters. The molecular weight excluding hydrogens is 452 g/mol. The normalized spacial score (nSPS) is 15.9. The van der Waals surface area contributed by atoms with E-state index < -0.39 is 44.9 Å². The summed E-state index contributed by atoms with van der Waals surface area (Å²) < 4.78 is 111. The molecule has 3 rings (SSSR count). The van der Waals surface area contributed by atoms with Crippen LogP contribution in [0.2, 0.25) is 0 Å². The molecule has 6 nitrogen and oxygen atoms in total. The summed E-state index contributed by atoms with van der Waals surface area (Å²) in [6.45, 7) is 1.97. The molecule has 1 aromatic heterocycles.